The summed E-state index contributed by atoms with van der Waals surface area (Å²) in [5, 5.41) is 14.3. The third-order valence-corrected chi connectivity index (χ3v) is 3.42. The predicted molar refractivity (Wildman–Crippen MR) is 84.7 cm³/mol. The summed E-state index contributed by atoms with van der Waals surface area (Å²) in [6.45, 7) is 6.10. The van der Waals surface area contributed by atoms with Crippen LogP contribution >= 0.6 is 0 Å². The minimum atomic E-state index is -0.333. The minimum Gasteiger partial charge on any atom is -0.383 e. The maximum atomic E-state index is 11.2. The van der Waals surface area contributed by atoms with Crippen LogP contribution in [0.5, 0.6) is 0 Å². The molecule has 1 rings (SSSR count). The average molecular weight is 295 g/mol. The molecule has 0 radical (unpaired) electrons. The van der Waals surface area contributed by atoms with Gasteiger partial charge in [0.2, 0.25) is 0 Å². The van der Waals surface area contributed by atoms with Crippen molar-refractivity contribution in [3.8, 4) is 0 Å². The number of hydrogen-bond acceptors (Lipinski definition) is 5. The number of ether oxygens (including phenoxy) is 1. The third kappa shape index (κ3) is 5.32. The van der Waals surface area contributed by atoms with Crippen LogP contribution < -0.4 is 5.32 Å². The number of nitro benzene ring substituents is 1. The van der Waals surface area contributed by atoms with Crippen LogP contribution in [0.4, 0.5) is 11.4 Å². The second kappa shape index (κ2) is 8.59. The van der Waals surface area contributed by atoms with E-state index in [0.717, 1.165) is 18.5 Å². The molecular formula is C15H25N3O3. The zero-order valence-corrected chi connectivity index (χ0v) is 13.3. The van der Waals surface area contributed by atoms with Gasteiger partial charge in [0.05, 0.1) is 11.5 Å². The van der Waals surface area contributed by atoms with Gasteiger partial charge >= 0.3 is 0 Å². The second-order valence-electron chi connectivity index (χ2n) is 5.25. The monoisotopic (exact) mass is 295 g/mol. The first-order chi connectivity index (χ1) is 9.99. The summed E-state index contributed by atoms with van der Waals surface area (Å²) in [6, 6.07) is 5.62. The van der Waals surface area contributed by atoms with E-state index in [0.29, 0.717) is 18.8 Å². The Morgan fingerprint density at radius 1 is 1.48 bits per heavy atom. The fraction of sp³-hybridized carbons (Fsp3) is 0.600. The molecule has 1 aromatic carbocycles. The summed E-state index contributed by atoms with van der Waals surface area (Å²) in [6.07, 6.45) is 0.927. The Kier molecular flexibility index (Phi) is 7.11. The lowest BCUT2D eigenvalue weighted by atomic mass is 10.1. The molecule has 0 aliphatic rings. The number of benzene rings is 1. The van der Waals surface area contributed by atoms with E-state index in [1.807, 2.05) is 20.0 Å². The highest BCUT2D eigenvalue weighted by Gasteiger charge is 2.16. The lowest BCUT2D eigenvalue weighted by molar-refractivity contribution is -0.384. The van der Waals surface area contributed by atoms with Gasteiger partial charge in [0.1, 0.15) is 5.69 Å². The van der Waals surface area contributed by atoms with E-state index in [1.54, 1.807) is 19.2 Å². The first kappa shape index (κ1) is 17.4. The van der Waals surface area contributed by atoms with Gasteiger partial charge in [-0.1, -0.05) is 13.0 Å². The molecule has 1 atom stereocenters. The topological polar surface area (TPSA) is 67.6 Å². The van der Waals surface area contributed by atoms with Gasteiger partial charge in [-0.05, 0) is 32.0 Å². The molecule has 1 N–H and O–H groups in total. The number of methoxy groups -OCH3 is 1. The molecule has 0 spiro atoms. The highest BCUT2D eigenvalue weighted by Crippen LogP contribution is 2.26. The Morgan fingerprint density at radius 3 is 2.76 bits per heavy atom. The molecule has 6 nitrogen and oxygen atoms in total. The Morgan fingerprint density at radius 2 is 2.19 bits per heavy atom. The second-order valence-corrected chi connectivity index (χ2v) is 5.25. The Hall–Kier alpha value is -1.66. The van der Waals surface area contributed by atoms with Crippen LogP contribution in [0.1, 0.15) is 25.8 Å². The molecule has 1 aromatic rings. The predicted octanol–water partition coefficient (Wildman–Crippen LogP) is 2.88. The van der Waals surface area contributed by atoms with E-state index in [4.69, 9.17) is 4.74 Å². The number of nitrogens with one attached hydrogen (secondary N) is 1. The molecule has 118 valence electrons. The van der Waals surface area contributed by atoms with Crippen LogP contribution in [0.2, 0.25) is 0 Å². The molecule has 0 amide bonds. The fourth-order valence-electron chi connectivity index (χ4n) is 2.05. The lowest BCUT2D eigenvalue weighted by Gasteiger charge is -2.24. The first-order valence-corrected chi connectivity index (χ1v) is 7.20. The zero-order chi connectivity index (χ0) is 15.8. The Labute approximate surface area is 126 Å². The van der Waals surface area contributed by atoms with Gasteiger partial charge in [-0.15, -0.1) is 0 Å². The quantitative estimate of drug-likeness (QED) is 0.560. The van der Waals surface area contributed by atoms with Crippen molar-refractivity contribution in [2.24, 2.45) is 0 Å². The van der Waals surface area contributed by atoms with Crippen molar-refractivity contribution in [2.75, 3.05) is 32.6 Å². The third-order valence-electron chi connectivity index (χ3n) is 3.42. The molecule has 0 saturated heterocycles. The molecule has 1 unspecified atom stereocenters. The van der Waals surface area contributed by atoms with E-state index in [2.05, 4.69) is 17.1 Å². The van der Waals surface area contributed by atoms with E-state index in [-0.39, 0.29) is 16.7 Å². The van der Waals surface area contributed by atoms with Crippen LogP contribution in [-0.4, -0.2) is 43.2 Å². The molecule has 0 fully saturated rings. The largest absolute Gasteiger partial charge is 0.383 e. The summed E-state index contributed by atoms with van der Waals surface area (Å²) in [5.41, 5.74) is 1.64. The fourth-order valence-corrected chi connectivity index (χ4v) is 2.05. The van der Waals surface area contributed by atoms with Crippen LogP contribution in [0, 0.1) is 10.1 Å². The Bertz CT molecular complexity index is 465. The molecule has 0 aliphatic carbocycles. The molecule has 0 bridgehead atoms. The van der Waals surface area contributed by atoms with E-state index < -0.39 is 0 Å². The normalized spacial score (nSPS) is 12.4. The molecule has 0 saturated carbocycles. The van der Waals surface area contributed by atoms with Gasteiger partial charge in [0, 0.05) is 32.3 Å². The highest BCUT2D eigenvalue weighted by molar-refractivity contribution is 5.62. The van der Waals surface area contributed by atoms with Crippen LogP contribution in [0.25, 0.3) is 0 Å². The van der Waals surface area contributed by atoms with Crippen molar-refractivity contribution in [3.05, 3.63) is 33.9 Å². The lowest BCUT2D eigenvalue weighted by Crippen LogP contribution is -2.32. The van der Waals surface area contributed by atoms with Crippen LogP contribution in [-0.2, 0) is 11.3 Å². The van der Waals surface area contributed by atoms with Gasteiger partial charge in [-0.25, -0.2) is 0 Å². The standard InChI is InChI=1S/C15H25N3O3/c1-5-8-16-14-7-6-13(9-15(14)18(19)20)10-17(3)12(2)11-21-4/h6-7,9,12,16H,5,8,10-11H2,1-4H3. The van der Waals surface area contributed by atoms with Crippen LogP contribution in [0.3, 0.4) is 0 Å². The summed E-state index contributed by atoms with van der Waals surface area (Å²) >= 11 is 0. The van der Waals surface area contributed by atoms with Crippen molar-refractivity contribution in [3.63, 3.8) is 0 Å². The number of rotatable bonds is 9. The van der Waals surface area contributed by atoms with Crippen molar-refractivity contribution >= 4 is 11.4 Å². The van der Waals surface area contributed by atoms with Gasteiger partial charge in [0.25, 0.3) is 5.69 Å². The highest BCUT2D eigenvalue weighted by atomic mass is 16.6. The maximum Gasteiger partial charge on any atom is 0.292 e. The molecule has 0 aromatic heterocycles. The van der Waals surface area contributed by atoms with Gasteiger partial charge < -0.3 is 10.1 Å². The summed E-state index contributed by atoms with van der Waals surface area (Å²) in [5.74, 6) is 0. The number of hydrogen-bond donors (Lipinski definition) is 1. The van der Waals surface area contributed by atoms with E-state index in [1.165, 1.54) is 0 Å². The van der Waals surface area contributed by atoms with Crippen molar-refractivity contribution < 1.29 is 9.66 Å². The molecular weight excluding hydrogens is 270 g/mol. The van der Waals surface area contributed by atoms with Gasteiger partial charge in [0.15, 0.2) is 0 Å². The summed E-state index contributed by atoms with van der Waals surface area (Å²) in [4.78, 5) is 13.0. The number of likely N-dealkylation sites (N-methyl/N-ethyl adjacent to an activating group) is 1. The van der Waals surface area contributed by atoms with Crippen LogP contribution in [0.15, 0.2) is 18.2 Å². The van der Waals surface area contributed by atoms with Crippen molar-refractivity contribution in [2.45, 2.75) is 32.9 Å². The maximum absolute atomic E-state index is 11.2. The molecule has 6 heteroatoms. The number of nitro groups is 1. The number of anilines is 1. The summed E-state index contributed by atoms with van der Waals surface area (Å²) < 4.78 is 5.13. The number of nitrogens with zero attached hydrogens (tertiary/aromatic N) is 2. The van der Waals surface area contributed by atoms with E-state index >= 15 is 0 Å². The van der Waals surface area contributed by atoms with E-state index in [9.17, 15) is 10.1 Å². The SMILES string of the molecule is CCCNc1ccc(CN(C)C(C)COC)cc1[N+](=O)[O-]. The van der Waals surface area contributed by atoms with Gasteiger partial charge in [-0.2, -0.15) is 0 Å². The average Bonchev–Trinajstić information content (AvgIpc) is 2.45. The van der Waals surface area contributed by atoms with Gasteiger partial charge in [-0.3, -0.25) is 15.0 Å². The van der Waals surface area contributed by atoms with Crippen molar-refractivity contribution in [1.82, 2.24) is 4.90 Å². The van der Waals surface area contributed by atoms with Crippen molar-refractivity contribution in [1.29, 1.82) is 0 Å². The summed E-state index contributed by atoms with van der Waals surface area (Å²) in [7, 11) is 3.65. The molecule has 21 heavy (non-hydrogen) atoms. The zero-order valence-electron chi connectivity index (χ0n) is 13.3. The molecule has 0 heterocycles. The Balaban J connectivity index is 2.85. The first-order valence-electron chi connectivity index (χ1n) is 7.20. The smallest absolute Gasteiger partial charge is 0.292 e. The molecule has 0 aliphatic heterocycles. The minimum absolute atomic E-state index is 0.133.